The Bertz CT molecular complexity index is 1690. The average Bonchev–Trinajstić information content (AvgIpc) is 2.97. The number of hydrogen-bond acceptors (Lipinski definition) is 6. The minimum Gasteiger partial charge on any atom is -0.488 e. The van der Waals surface area contributed by atoms with Gasteiger partial charge in [-0.1, -0.05) is 66.2 Å². The highest BCUT2D eigenvalue weighted by molar-refractivity contribution is 9.10. The molecule has 0 saturated carbocycles. The number of hydrogen-bond donors (Lipinski definition) is 2. The van der Waals surface area contributed by atoms with Gasteiger partial charge >= 0.3 is 0 Å². The third-order valence-electron chi connectivity index (χ3n) is 6.10. The van der Waals surface area contributed by atoms with Crippen molar-refractivity contribution in [1.29, 1.82) is 5.26 Å². The molecule has 10 heteroatoms. The summed E-state index contributed by atoms with van der Waals surface area (Å²) in [4.78, 5) is 12.9. The summed E-state index contributed by atoms with van der Waals surface area (Å²) in [7, 11) is -3.87. The normalized spacial score (nSPS) is 12.0. The van der Waals surface area contributed by atoms with Crippen molar-refractivity contribution in [2.45, 2.75) is 30.9 Å². The van der Waals surface area contributed by atoms with Crippen LogP contribution in [0.5, 0.6) is 5.75 Å². The van der Waals surface area contributed by atoms with Gasteiger partial charge < -0.3 is 4.74 Å². The SMILES string of the molecule is Cc1ccc(S(=O)(=O)N[C@@H](CC(=O)N/N=C\c2ccc(OCc3ccccc3C#N)c(Br)c2)c2ccccc2)cc1. The van der Waals surface area contributed by atoms with Crippen LogP contribution in [-0.2, 0) is 21.4 Å². The Morgan fingerprint density at radius 2 is 1.73 bits per heavy atom. The van der Waals surface area contributed by atoms with Gasteiger partial charge in [-0.2, -0.15) is 10.4 Å². The third kappa shape index (κ3) is 8.35. The number of nitrogens with one attached hydrogen (secondary N) is 2. The van der Waals surface area contributed by atoms with Crippen LogP contribution in [0.1, 0.15) is 40.3 Å². The lowest BCUT2D eigenvalue weighted by atomic mass is 10.0. The molecule has 0 radical (unpaired) electrons. The Balaban J connectivity index is 1.38. The van der Waals surface area contributed by atoms with E-state index < -0.39 is 22.0 Å². The van der Waals surface area contributed by atoms with Crippen LogP contribution in [0, 0.1) is 18.3 Å². The molecule has 4 rings (SSSR count). The zero-order valence-corrected chi connectivity index (χ0v) is 24.5. The van der Waals surface area contributed by atoms with Crippen LogP contribution >= 0.6 is 15.9 Å². The zero-order chi connectivity index (χ0) is 29.2. The summed E-state index contributed by atoms with van der Waals surface area (Å²) in [5, 5.41) is 13.3. The van der Waals surface area contributed by atoms with Crippen molar-refractivity contribution in [2.24, 2.45) is 5.10 Å². The van der Waals surface area contributed by atoms with Gasteiger partial charge in [-0.15, -0.1) is 0 Å². The minimum absolute atomic E-state index is 0.120. The number of sulfonamides is 1. The van der Waals surface area contributed by atoms with E-state index in [1.54, 1.807) is 66.7 Å². The van der Waals surface area contributed by atoms with Crippen LogP contribution in [0.25, 0.3) is 0 Å². The Morgan fingerprint density at radius 1 is 1.02 bits per heavy atom. The first-order valence-electron chi connectivity index (χ1n) is 12.6. The molecule has 41 heavy (non-hydrogen) atoms. The van der Waals surface area contributed by atoms with Gasteiger partial charge in [0, 0.05) is 12.0 Å². The number of amides is 1. The maximum atomic E-state index is 13.0. The number of carbonyl (C=O) groups is 1. The van der Waals surface area contributed by atoms with E-state index in [1.165, 1.54) is 18.3 Å². The summed E-state index contributed by atoms with van der Waals surface area (Å²) >= 11 is 3.48. The number of carbonyl (C=O) groups excluding carboxylic acids is 1. The van der Waals surface area contributed by atoms with Crippen molar-refractivity contribution >= 4 is 38.1 Å². The first-order chi connectivity index (χ1) is 19.7. The molecule has 0 aliphatic carbocycles. The number of nitrogens with zero attached hydrogens (tertiary/aromatic N) is 2. The zero-order valence-electron chi connectivity index (χ0n) is 22.1. The predicted molar refractivity (Wildman–Crippen MR) is 161 cm³/mol. The van der Waals surface area contributed by atoms with E-state index in [0.29, 0.717) is 26.9 Å². The molecule has 8 nitrogen and oxygen atoms in total. The van der Waals surface area contributed by atoms with Gasteiger partial charge in [0.05, 0.1) is 33.3 Å². The van der Waals surface area contributed by atoms with Gasteiger partial charge in [0.25, 0.3) is 0 Å². The molecule has 4 aromatic rings. The molecule has 4 aromatic carbocycles. The van der Waals surface area contributed by atoms with Gasteiger partial charge in [-0.25, -0.2) is 18.6 Å². The Kier molecular flexibility index (Phi) is 10.0. The van der Waals surface area contributed by atoms with E-state index in [9.17, 15) is 18.5 Å². The number of halogens is 1. The molecule has 0 heterocycles. The lowest BCUT2D eigenvalue weighted by molar-refractivity contribution is -0.121. The number of nitriles is 1. The summed E-state index contributed by atoms with van der Waals surface area (Å²) in [5.74, 6) is 0.127. The molecular weight excluding hydrogens is 604 g/mol. The quantitative estimate of drug-likeness (QED) is 0.161. The van der Waals surface area contributed by atoms with Gasteiger partial charge in [0.2, 0.25) is 15.9 Å². The van der Waals surface area contributed by atoms with Crippen molar-refractivity contribution < 1.29 is 17.9 Å². The van der Waals surface area contributed by atoms with E-state index in [4.69, 9.17) is 4.74 Å². The van der Waals surface area contributed by atoms with E-state index in [2.05, 4.69) is 37.2 Å². The van der Waals surface area contributed by atoms with Gasteiger partial charge in [-0.3, -0.25) is 4.79 Å². The topological polar surface area (TPSA) is 121 Å². The summed E-state index contributed by atoms with van der Waals surface area (Å²) in [5.41, 5.74) is 6.10. The maximum absolute atomic E-state index is 13.0. The van der Waals surface area contributed by atoms with Crippen LogP contribution < -0.4 is 14.9 Å². The molecule has 208 valence electrons. The van der Waals surface area contributed by atoms with Gasteiger partial charge in [0.15, 0.2) is 0 Å². The summed E-state index contributed by atoms with van der Waals surface area (Å²) in [6, 6.07) is 29.3. The van der Waals surface area contributed by atoms with Crippen LogP contribution in [0.15, 0.2) is 112 Å². The lowest BCUT2D eigenvalue weighted by Crippen LogP contribution is -2.32. The number of aryl methyl sites for hydroxylation is 1. The first-order valence-corrected chi connectivity index (χ1v) is 14.9. The fourth-order valence-electron chi connectivity index (χ4n) is 3.92. The smallest absolute Gasteiger partial charge is 0.242 e. The highest BCUT2D eigenvalue weighted by Crippen LogP contribution is 2.27. The maximum Gasteiger partial charge on any atom is 0.242 e. The van der Waals surface area contributed by atoms with Crippen molar-refractivity contribution in [3.8, 4) is 11.8 Å². The molecule has 0 spiro atoms. The van der Waals surface area contributed by atoms with Gasteiger partial charge in [-0.05, 0) is 70.4 Å². The van der Waals surface area contributed by atoms with Crippen LogP contribution in [0.4, 0.5) is 0 Å². The molecule has 0 bridgehead atoms. The fourth-order valence-corrected chi connectivity index (χ4v) is 5.66. The van der Waals surface area contributed by atoms with Gasteiger partial charge in [0.1, 0.15) is 12.4 Å². The fraction of sp³-hybridized carbons (Fsp3) is 0.129. The molecule has 1 amide bonds. The Labute approximate surface area is 247 Å². The van der Waals surface area contributed by atoms with Crippen molar-refractivity contribution in [2.75, 3.05) is 0 Å². The minimum atomic E-state index is -3.87. The third-order valence-corrected chi connectivity index (χ3v) is 8.21. The second-order valence-electron chi connectivity index (χ2n) is 9.14. The summed E-state index contributed by atoms with van der Waals surface area (Å²) < 4.78 is 35.2. The molecule has 0 fully saturated rings. The second-order valence-corrected chi connectivity index (χ2v) is 11.7. The first kappa shape index (κ1) is 29.7. The van der Waals surface area contributed by atoms with Crippen molar-refractivity contribution in [3.63, 3.8) is 0 Å². The predicted octanol–water partition coefficient (Wildman–Crippen LogP) is 5.77. The van der Waals surface area contributed by atoms with Crippen LogP contribution in [0.3, 0.4) is 0 Å². The Hall–Kier alpha value is -4.30. The summed E-state index contributed by atoms with van der Waals surface area (Å²) in [6.07, 6.45) is 1.32. The number of ether oxygens (including phenoxy) is 1. The van der Waals surface area contributed by atoms with Crippen LogP contribution in [0.2, 0.25) is 0 Å². The van der Waals surface area contributed by atoms with Crippen molar-refractivity contribution in [3.05, 3.63) is 129 Å². The highest BCUT2D eigenvalue weighted by atomic mass is 79.9. The molecular formula is C31H27BrN4O4S. The Morgan fingerprint density at radius 3 is 2.44 bits per heavy atom. The summed E-state index contributed by atoms with van der Waals surface area (Å²) in [6.45, 7) is 2.11. The van der Waals surface area contributed by atoms with Crippen LogP contribution in [-0.4, -0.2) is 20.5 Å². The van der Waals surface area contributed by atoms with E-state index in [1.807, 2.05) is 25.1 Å². The van der Waals surface area contributed by atoms with E-state index in [-0.39, 0.29) is 17.9 Å². The van der Waals surface area contributed by atoms with Crippen molar-refractivity contribution in [1.82, 2.24) is 10.1 Å². The number of hydrazone groups is 1. The molecule has 0 aliphatic rings. The largest absolute Gasteiger partial charge is 0.488 e. The van der Waals surface area contributed by atoms with E-state index >= 15 is 0 Å². The number of rotatable bonds is 11. The average molecular weight is 632 g/mol. The molecule has 0 aliphatic heterocycles. The molecule has 0 unspecified atom stereocenters. The lowest BCUT2D eigenvalue weighted by Gasteiger charge is -2.18. The molecule has 0 saturated heterocycles. The standard InChI is InChI=1S/C31H27BrN4O4S/c1-22-11-14-27(15-12-22)41(38,39)36-29(24-7-3-2-4-8-24)18-31(37)35-34-20-23-13-16-30(28(32)17-23)40-21-26-10-6-5-9-25(26)19-33/h2-17,20,29,36H,18,21H2,1H3,(H,35,37)/b34-20-/t29-/m0/s1. The molecule has 1 atom stereocenters. The van der Waals surface area contributed by atoms with E-state index in [0.717, 1.165) is 11.1 Å². The molecule has 0 aromatic heterocycles. The molecule has 2 N–H and O–H groups in total. The number of benzene rings is 4. The monoisotopic (exact) mass is 630 g/mol. The highest BCUT2D eigenvalue weighted by Gasteiger charge is 2.23. The second kappa shape index (κ2) is 13.9.